The van der Waals surface area contributed by atoms with E-state index in [4.69, 9.17) is 33.8 Å². The van der Waals surface area contributed by atoms with Crippen LogP contribution in [-0.2, 0) is 15.2 Å². The zero-order valence-corrected chi connectivity index (χ0v) is 21.2. The lowest BCUT2D eigenvalue weighted by Crippen LogP contribution is -2.52. The van der Waals surface area contributed by atoms with Gasteiger partial charge in [0.05, 0.1) is 23.2 Å². The van der Waals surface area contributed by atoms with Crippen molar-refractivity contribution in [3.05, 3.63) is 69.5 Å². The highest BCUT2D eigenvalue weighted by atomic mass is 35.5. The highest BCUT2D eigenvalue weighted by Gasteiger charge is 2.57. The van der Waals surface area contributed by atoms with Crippen molar-refractivity contribution in [3.63, 3.8) is 0 Å². The van der Waals surface area contributed by atoms with Crippen LogP contribution in [0.1, 0.15) is 57.1 Å². The molecule has 0 bridgehead atoms. The van der Waals surface area contributed by atoms with E-state index in [0.717, 1.165) is 18.4 Å². The molecule has 1 saturated heterocycles. The number of hydroxylamine groups is 1. The molecule has 34 heavy (non-hydrogen) atoms. The SMILES string of the molecule is CC(C)(C)CC1NC(C(=O)NOCC2CC2)C(c2cccc(Cl)c2F)C1(N)c1ccc(Cl)cc1. The third kappa shape index (κ3) is 5.26. The summed E-state index contributed by atoms with van der Waals surface area (Å²) in [7, 11) is 0. The van der Waals surface area contributed by atoms with Crippen LogP contribution in [0.25, 0.3) is 0 Å². The molecule has 8 heteroatoms. The van der Waals surface area contributed by atoms with Crippen molar-refractivity contribution >= 4 is 29.1 Å². The number of halogens is 3. The summed E-state index contributed by atoms with van der Waals surface area (Å²) in [6.45, 7) is 6.79. The van der Waals surface area contributed by atoms with Crippen LogP contribution >= 0.6 is 23.2 Å². The summed E-state index contributed by atoms with van der Waals surface area (Å²) in [5.74, 6) is -1.23. The molecule has 4 atom stereocenters. The number of hydrogen-bond donors (Lipinski definition) is 3. The van der Waals surface area contributed by atoms with Crippen molar-refractivity contribution in [2.75, 3.05) is 6.61 Å². The van der Waals surface area contributed by atoms with Crippen molar-refractivity contribution < 1.29 is 14.0 Å². The van der Waals surface area contributed by atoms with Gasteiger partial charge in [0.1, 0.15) is 5.82 Å². The van der Waals surface area contributed by atoms with Gasteiger partial charge < -0.3 is 11.1 Å². The quantitative estimate of drug-likeness (QED) is 0.444. The van der Waals surface area contributed by atoms with Gasteiger partial charge in [0, 0.05) is 17.0 Å². The van der Waals surface area contributed by atoms with Gasteiger partial charge in [0.25, 0.3) is 5.91 Å². The lowest BCUT2D eigenvalue weighted by atomic mass is 9.68. The highest BCUT2D eigenvalue weighted by Crippen LogP contribution is 2.49. The monoisotopic (exact) mass is 507 g/mol. The molecular weight excluding hydrogens is 476 g/mol. The summed E-state index contributed by atoms with van der Waals surface area (Å²) >= 11 is 12.3. The Kier molecular flexibility index (Phi) is 7.28. The number of rotatable bonds is 7. The lowest BCUT2D eigenvalue weighted by Gasteiger charge is -2.39. The van der Waals surface area contributed by atoms with Gasteiger partial charge in [-0.15, -0.1) is 0 Å². The molecule has 0 spiro atoms. The van der Waals surface area contributed by atoms with Crippen LogP contribution in [0, 0.1) is 17.2 Å². The standard InChI is InChI=1S/C26H32Cl2FN3O2/c1-25(2,3)13-20-26(30,16-9-11-17(27)12-10-16)21(18-5-4-6-19(28)22(18)29)23(31-20)24(33)32-34-14-15-7-8-15/h4-6,9-12,15,20-21,23,31H,7-8,13-14,30H2,1-3H3,(H,32,33). The smallest absolute Gasteiger partial charge is 0.261 e. The van der Waals surface area contributed by atoms with Crippen LogP contribution in [0.4, 0.5) is 4.39 Å². The first kappa shape index (κ1) is 25.4. The van der Waals surface area contributed by atoms with Crippen molar-refractivity contribution in [2.24, 2.45) is 17.1 Å². The van der Waals surface area contributed by atoms with E-state index >= 15 is 4.39 Å². The van der Waals surface area contributed by atoms with E-state index in [9.17, 15) is 4.79 Å². The van der Waals surface area contributed by atoms with Crippen LogP contribution < -0.4 is 16.5 Å². The van der Waals surface area contributed by atoms with Crippen molar-refractivity contribution in [2.45, 2.75) is 63.6 Å². The van der Waals surface area contributed by atoms with Gasteiger partial charge in [-0.3, -0.25) is 9.63 Å². The van der Waals surface area contributed by atoms with Crippen LogP contribution in [0.15, 0.2) is 42.5 Å². The molecule has 184 valence electrons. The molecule has 1 aliphatic carbocycles. The molecule has 4 unspecified atom stereocenters. The minimum Gasteiger partial charge on any atom is -0.320 e. The molecule has 4 N–H and O–H groups in total. The summed E-state index contributed by atoms with van der Waals surface area (Å²) in [6.07, 6.45) is 2.85. The Morgan fingerprint density at radius 3 is 2.50 bits per heavy atom. The summed E-state index contributed by atoms with van der Waals surface area (Å²) in [5, 5.41) is 3.99. The fraction of sp³-hybridized carbons (Fsp3) is 0.500. The van der Waals surface area contributed by atoms with Gasteiger partial charge in [-0.05, 0) is 59.9 Å². The normalized spacial score (nSPS) is 27.1. The largest absolute Gasteiger partial charge is 0.320 e. The van der Waals surface area contributed by atoms with E-state index < -0.39 is 23.3 Å². The summed E-state index contributed by atoms with van der Waals surface area (Å²) < 4.78 is 15.4. The van der Waals surface area contributed by atoms with Crippen LogP contribution in [-0.4, -0.2) is 24.6 Å². The molecule has 0 aromatic heterocycles. The topological polar surface area (TPSA) is 76.4 Å². The maximum absolute atomic E-state index is 15.4. The molecule has 2 fully saturated rings. The van der Waals surface area contributed by atoms with E-state index in [1.165, 1.54) is 6.07 Å². The molecule has 0 radical (unpaired) electrons. The molecule has 2 aromatic rings. The summed E-state index contributed by atoms with van der Waals surface area (Å²) in [4.78, 5) is 18.9. The second-order valence-electron chi connectivity index (χ2n) is 10.7. The number of carbonyl (C=O) groups excluding carboxylic acids is 1. The van der Waals surface area contributed by atoms with Gasteiger partial charge in [-0.25, -0.2) is 9.87 Å². The van der Waals surface area contributed by atoms with Crippen LogP contribution in [0.3, 0.4) is 0 Å². The van der Waals surface area contributed by atoms with Crippen molar-refractivity contribution in [1.82, 2.24) is 10.8 Å². The van der Waals surface area contributed by atoms with E-state index in [1.54, 1.807) is 24.3 Å². The number of amides is 1. The Morgan fingerprint density at radius 2 is 1.88 bits per heavy atom. The summed E-state index contributed by atoms with van der Waals surface area (Å²) in [6, 6.07) is 10.9. The van der Waals surface area contributed by atoms with Crippen molar-refractivity contribution in [1.29, 1.82) is 0 Å². The first-order valence-electron chi connectivity index (χ1n) is 11.7. The molecule has 2 aliphatic rings. The van der Waals surface area contributed by atoms with Gasteiger partial charge in [-0.2, -0.15) is 0 Å². The maximum Gasteiger partial charge on any atom is 0.261 e. The highest BCUT2D eigenvalue weighted by molar-refractivity contribution is 6.31. The zero-order valence-electron chi connectivity index (χ0n) is 19.7. The van der Waals surface area contributed by atoms with Gasteiger partial charge >= 0.3 is 0 Å². The molecule has 1 aliphatic heterocycles. The van der Waals surface area contributed by atoms with Gasteiger partial charge in [-0.1, -0.05) is 68.2 Å². The average Bonchev–Trinajstić information content (AvgIpc) is 3.54. The fourth-order valence-corrected chi connectivity index (χ4v) is 5.21. The predicted octanol–water partition coefficient (Wildman–Crippen LogP) is 5.30. The number of nitrogens with two attached hydrogens (primary N) is 1. The first-order chi connectivity index (χ1) is 16.0. The number of hydrogen-bond acceptors (Lipinski definition) is 4. The van der Waals surface area contributed by atoms with Crippen molar-refractivity contribution in [3.8, 4) is 0 Å². The fourth-order valence-electron chi connectivity index (χ4n) is 4.91. The number of benzene rings is 2. The van der Waals surface area contributed by atoms with Gasteiger partial charge in [0.2, 0.25) is 0 Å². The molecular formula is C26H32Cl2FN3O2. The first-order valence-corrected chi connectivity index (χ1v) is 12.4. The molecule has 1 amide bonds. The van der Waals surface area contributed by atoms with Crippen LogP contribution in [0.2, 0.25) is 10.0 Å². The number of carbonyl (C=O) groups is 1. The summed E-state index contributed by atoms with van der Waals surface area (Å²) in [5.41, 5.74) is 9.65. The maximum atomic E-state index is 15.4. The predicted molar refractivity (Wildman–Crippen MR) is 133 cm³/mol. The van der Waals surface area contributed by atoms with E-state index in [0.29, 0.717) is 24.0 Å². The Hall–Kier alpha value is -1.70. The minimum atomic E-state index is -1.12. The second kappa shape index (κ2) is 9.75. The second-order valence-corrected chi connectivity index (χ2v) is 11.6. The minimum absolute atomic E-state index is 0.0145. The Morgan fingerprint density at radius 1 is 1.21 bits per heavy atom. The molecule has 5 nitrogen and oxygen atoms in total. The average molecular weight is 508 g/mol. The molecule has 1 saturated carbocycles. The Balaban J connectivity index is 1.80. The van der Waals surface area contributed by atoms with Crippen LogP contribution in [0.5, 0.6) is 0 Å². The Bertz CT molecular complexity index is 1040. The molecule has 4 rings (SSSR count). The third-order valence-electron chi connectivity index (χ3n) is 6.75. The van der Waals surface area contributed by atoms with E-state index in [1.807, 2.05) is 12.1 Å². The van der Waals surface area contributed by atoms with E-state index in [2.05, 4.69) is 31.6 Å². The Labute approximate surface area is 210 Å². The van der Waals surface area contributed by atoms with Gasteiger partial charge in [0.15, 0.2) is 0 Å². The zero-order chi connectivity index (χ0) is 24.7. The number of nitrogens with one attached hydrogen (secondary N) is 2. The third-order valence-corrected chi connectivity index (χ3v) is 7.30. The van der Waals surface area contributed by atoms with E-state index in [-0.39, 0.29) is 28.0 Å². The lowest BCUT2D eigenvalue weighted by molar-refractivity contribution is -0.136. The molecule has 1 heterocycles. The molecule has 2 aromatic carbocycles.